The van der Waals surface area contributed by atoms with Gasteiger partial charge in [0.1, 0.15) is 0 Å². The number of rotatable bonds is 3. The lowest BCUT2D eigenvalue weighted by Gasteiger charge is -2.38. The molecule has 2 atom stereocenters. The second-order valence-electron chi connectivity index (χ2n) is 6.06. The molecule has 1 aliphatic rings. The smallest absolute Gasteiger partial charge is 0.0426 e. The number of hydrogen-bond donors (Lipinski definition) is 1. The van der Waals surface area contributed by atoms with E-state index in [2.05, 4.69) is 55.8 Å². The number of benzene rings is 1. The largest absolute Gasteiger partial charge is 0.323 e. The molecule has 0 bridgehead atoms. The molecule has 0 aliphatic carbocycles. The van der Waals surface area contributed by atoms with Crippen molar-refractivity contribution in [2.45, 2.75) is 32.9 Å². The summed E-state index contributed by atoms with van der Waals surface area (Å²) in [7, 11) is 2.20. The molecule has 0 aromatic heterocycles. The summed E-state index contributed by atoms with van der Waals surface area (Å²) in [5.74, 6) is 0. The fourth-order valence-electron chi connectivity index (χ4n) is 2.91. The van der Waals surface area contributed by atoms with E-state index < -0.39 is 0 Å². The standard InChI is InChI=1S/C16H27N3/c1-12-5-6-15(13(2)9-12)16(17)11-19-8-7-18(4)14(3)10-19/h5-6,9,14,16H,7-8,10-11,17H2,1-4H3. The Hall–Kier alpha value is -0.900. The van der Waals surface area contributed by atoms with Crippen molar-refractivity contribution in [2.75, 3.05) is 33.2 Å². The summed E-state index contributed by atoms with van der Waals surface area (Å²) in [6.07, 6.45) is 0. The van der Waals surface area contributed by atoms with Crippen molar-refractivity contribution in [3.63, 3.8) is 0 Å². The summed E-state index contributed by atoms with van der Waals surface area (Å²) in [5.41, 5.74) is 10.3. The lowest BCUT2D eigenvalue weighted by molar-refractivity contribution is 0.100. The molecule has 1 heterocycles. The number of piperazine rings is 1. The zero-order valence-electron chi connectivity index (χ0n) is 12.7. The quantitative estimate of drug-likeness (QED) is 0.902. The van der Waals surface area contributed by atoms with Crippen LogP contribution in [0.15, 0.2) is 18.2 Å². The van der Waals surface area contributed by atoms with Gasteiger partial charge in [-0.2, -0.15) is 0 Å². The second kappa shape index (κ2) is 6.04. The fourth-order valence-corrected chi connectivity index (χ4v) is 2.91. The molecule has 1 aromatic rings. The van der Waals surface area contributed by atoms with Crippen LogP contribution in [0.25, 0.3) is 0 Å². The molecule has 2 rings (SSSR count). The SMILES string of the molecule is Cc1ccc(C(N)CN2CCN(C)C(C)C2)c(C)c1. The zero-order chi connectivity index (χ0) is 14.0. The Balaban J connectivity index is 1.99. The first-order valence-corrected chi connectivity index (χ1v) is 7.22. The molecule has 0 amide bonds. The monoisotopic (exact) mass is 261 g/mol. The molecule has 19 heavy (non-hydrogen) atoms. The maximum atomic E-state index is 6.40. The molecule has 1 fully saturated rings. The average Bonchev–Trinajstić information content (AvgIpc) is 2.33. The molecule has 2 N–H and O–H groups in total. The van der Waals surface area contributed by atoms with E-state index in [1.54, 1.807) is 0 Å². The fraction of sp³-hybridized carbons (Fsp3) is 0.625. The van der Waals surface area contributed by atoms with Crippen LogP contribution < -0.4 is 5.73 Å². The number of nitrogens with two attached hydrogens (primary N) is 1. The summed E-state index contributed by atoms with van der Waals surface area (Å²) in [6, 6.07) is 7.32. The van der Waals surface area contributed by atoms with E-state index >= 15 is 0 Å². The molecular weight excluding hydrogens is 234 g/mol. The number of likely N-dealkylation sites (N-methyl/N-ethyl adjacent to an activating group) is 1. The van der Waals surface area contributed by atoms with E-state index in [0.29, 0.717) is 6.04 Å². The highest BCUT2D eigenvalue weighted by atomic mass is 15.3. The van der Waals surface area contributed by atoms with Gasteiger partial charge < -0.3 is 10.6 Å². The van der Waals surface area contributed by atoms with Crippen LogP contribution in [0.2, 0.25) is 0 Å². The van der Waals surface area contributed by atoms with Gasteiger partial charge in [0.25, 0.3) is 0 Å². The summed E-state index contributed by atoms with van der Waals surface area (Å²) >= 11 is 0. The van der Waals surface area contributed by atoms with E-state index in [1.807, 2.05) is 0 Å². The minimum absolute atomic E-state index is 0.121. The van der Waals surface area contributed by atoms with Gasteiger partial charge in [-0.25, -0.2) is 0 Å². The van der Waals surface area contributed by atoms with Gasteiger partial charge in [0.15, 0.2) is 0 Å². The molecule has 106 valence electrons. The maximum absolute atomic E-state index is 6.40. The summed E-state index contributed by atoms with van der Waals surface area (Å²) < 4.78 is 0. The normalized spacial score (nSPS) is 23.5. The van der Waals surface area contributed by atoms with E-state index in [-0.39, 0.29) is 6.04 Å². The zero-order valence-corrected chi connectivity index (χ0v) is 12.7. The minimum atomic E-state index is 0.121. The number of aryl methyl sites for hydroxylation is 2. The van der Waals surface area contributed by atoms with Crippen LogP contribution in [0.4, 0.5) is 0 Å². The summed E-state index contributed by atoms with van der Waals surface area (Å²) in [4.78, 5) is 4.91. The first-order valence-electron chi connectivity index (χ1n) is 7.22. The predicted molar refractivity (Wildman–Crippen MR) is 81.4 cm³/mol. The highest BCUT2D eigenvalue weighted by Crippen LogP contribution is 2.19. The highest BCUT2D eigenvalue weighted by molar-refractivity contribution is 5.32. The Kier molecular flexibility index (Phi) is 4.61. The number of hydrogen-bond acceptors (Lipinski definition) is 3. The lowest BCUT2D eigenvalue weighted by atomic mass is 9.99. The third-order valence-electron chi connectivity index (χ3n) is 4.32. The first-order chi connectivity index (χ1) is 8.97. The molecule has 0 spiro atoms. The van der Waals surface area contributed by atoms with Gasteiger partial charge in [-0.05, 0) is 38.9 Å². The molecule has 1 aromatic carbocycles. The predicted octanol–water partition coefficient (Wildman–Crippen LogP) is 1.94. The van der Waals surface area contributed by atoms with Crippen LogP contribution in [0.3, 0.4) is 0 Å². The van der Waals surface area contributed by atoms with Gasteiger partial charge in [-0.15, -0.1) is 0 Å². The van der Waals surface area contributed by atoms with Crippen LogP contribution in [0, 0.1) is 13.8 Å². The second-order valence-corrected chi connectivity index (χ2v) is 6.06. The minimum Gasteiger partial charge on any atom is -0.323 e. The number of nitrogens with zero attached hydrogens (tertiary/aromatic N) is 2. The van der Waals surface area contributed by atoms with Gasteiger partial charge in [-0.1, -0.05) is 23.8 Å². The van der Waals surface area contributed by atoms with Crippen molar-refractivity contribution in [2.24, 2.45) is 5.73 Å². The molecular formula is C16H27N3. The van der Waals surface area contributed by atoms with Crippen molar-refractivity contribution in [3.8, 4) is 0 Å². The van der Waals surface area contributed by atoms with Crippen molar-refractivity contribution in [1.82, 2.24) is 9.80 Å². The van der Waals surface area contributed by atoms with E-state index in [9.17, 15) is 0 Å². The van der Waals surface area contributed by atoms with E-state index in [4.69, 9.17) is 5.73 Å². The van der Waals surface area contributed by atoms with Crippen molar-refractivity contribution in [3.05, 3.63) is 34.9 Å². The van der Waals surface area contributed by atoms with Crippen LogP contribution in [-0.2, 0) is 0 Å². The molecule has 2 unspecified atom stereocenters. The van der Waals surface area contributed by atoms with Crippen LogP contribution in [0.1, 0.15) is 29.7 Å². The lowest BCUT2D eigenvalue weighted by Crippen LogP contribution is -2.51. The maximum Gasteiger partial charge on any atom is 0.0426 e. The van der Waals surface area contributed by atoms with Gasteiger partial charge in [-0.3, -0.25) is 4.90 Å². The Morgan fingerprint density at radius 1 is 1.32 bits per heavy atom. The van der Waals surface area contributed by atoms with Gasteiger partial charge >= 0.3 is 0 Å². The van der Waals surface area contributed by atoms with Crippen LogP contribution in [-0.4, -0.2) is 49.1 Å². The summed E-state index contributed by atoms with van der Waals surface area (Å²) in [6.45, 7) is 10.9. The van der Waals surface area contributed by atoms with E-state index in [1.165, 1.54) is 16.7 Å². The van der Waals surface area contributed by atoms with Crippen molar-refractivity contribution in [1.29, 1.82) is 0 Å². The molecule has 1 saturated heterocycles. The average molecular weight is 261 g/mol. The molecule has 0 saturated carbocycles. The Bertz CT molecular complexity index is 430. The molecule has 3 heteroatoms. The third kappa shape index (κ3) is 3.56. The van der Waals surface area contributed by atoms with Crippen molar-refractivity contribution >= 4 is 0 Å². The van der Waals surface area contributed by atoms with Gasteiger partial charge in [0.2, 0.25) is 0 Å². The van der Waals surface area contributed by atoms with Crippen LogP contribution >= 0.6 is 0 Å². The topological polar surface area (TPSA) is 32.5 Å². The van der Waals surface area contributed by atoms with E-state index in [0.717, 1.165) is 26.2 Å². The third-order valence-corrected chi connectivity index (χ3v) is 4.32. The highest BCUT2D eigenvalue weighted by Gasteiger charge is 2.22. The summed E-state index contributed by atoms with van der Waals surface area (Å²) in [5, 5.41) is 0. The molecule has 1 aliphatic heterocycles. The molecule has 3 nitrogen and oxygen atoms in total. The Morgan fingerprint density at radius 2 is 2.05 bits per heavy atom. The van der Waals surface area contributed by atoms with Gasteiger partial charge in [0.05, 0.1) is 0 Å². The van der Waals surface area contributed by atoms with Gasteiger partial charge in [0, 0.05) is 38.3 Å². The van der Waals surface area contributed by atoms with Crippen LogP contribution in [0.5, 0.6) is 0 Å². The Labute approximate surface area is 117 Å². The Morgan fingerprint density at radius 3 is 2.68 bits per heavy atom. The van der Waals surface area contributed by atoms with Crippen molar-refractivity contribution < 1.29 is 0 Å². The first kappa shape index (κ1) is 14.5. The molecule has 0 radical (unpaired) electrons.